The van der Waals surface area contributed by atoms with Gasteiger partial charge in [0.25, 0.3) is 0 Å². The smallest absolute Gasteiger partial charge is 0.231 e. The Bertz CT molecular complexity index is 1040. The van der Waals surface area contributed by atoms with Crippen LogP contribution in [0.3, 0.4) is 0 Å². The van der Waals surface area contributed by atoms with E-state index in [1.807, 2.05) is 30.3 Å². The van der Waals surface area contributed by atoms with Crippen molar-refractivity contribution in [3.63, 3.8) is 0 Å². The van der Waals surface area contributed by atoms with Gasteiger partial charge in [0.05, 0.1) is 0 Å². The first-order valence-corrected chi connectivity index (χ1v) is 8.59. The summed E-state index contributed by atoms with van der Waals surface area (Å²) < 4.78 is 24.0. The molecular weight excluding hydrogens is 343 g/mol. The van der Waals surface area contributed by atoms with Crippen LogP contribution >= 0.6 is 0 Å². The normalized spacial score (nSPS) is 12.5. The van der Waals surface area contributed by atoms with E-state index in [-0.39, 0.29) is 18.4 Å². The monoisotopic (exact) mass is 360 g/mol. The summed E-state index contributed by atoms with van der Waals surface area (Å²) in [6.45, 7) is 1.96. The van der Waals surface area contributed by atoms with E-state index in [2.05, 4.69) is 0 Å². The Labute approximate surface area is 156 Å². The van der Waals surface area contributed by atoms with Gasteiger partial charge in [0.15, 0.2) is 17.3 Å². The predicted molar refractivity (Wildman–Crippen MR) is 103 cm³/mol. The second kappa shape index (κ2) is 7.08. The van der Waals surface area contributed by atoms with Crippen LogP contribution in [-0.2, 0) is 0 Å². The molecule has 0 bridgehead atoms. The van der Waals surface area contributed by atoms with Crippen molar-refractivity contribution in [1.29, 1.82) is 0 Å². The molecule has 0 spiro atoms. The first kappa shape index (κ1) is 17.0. The van der Waals surface area contributed by atoms with Crippen LogP contribution in [0.2, 0.25) is 0 Å². The van der Waals surface area contributed by atoms with Gasteiger partial charge in [-0.15, -0.1) is 0 Å². The molecule has 3 aromatic rings. The number of hydrogen-bond acceptors (Lipinski definition) is 3. The van der Waals surface area contributed by atoms with E-state index >= 15 is 0 Å². The molecule has 3 aromatic carbocycles. The maximum Gasteiger partial charge on any atom is 0.231 e. The zero-order valence-corrected chi connectivity index (χ0v) is 14.7. The number of fused-ring (bicyclic) bond motifs is 1. The van der Waals surface area contributed by atoms with Crippen molar-refractivity contribution in [3.05, 3.63) is 89.2 Å². The third-order valence-corrected chi connectivity index (χ3v) is 4.48. The van der Waals surface area contributed by atoms with Crippen LogP contribution in [0.25, 0.3) is 17.2 Å². The fourth-order valence-electron chi connectivity index (χ4n) is 2.94. The van der Waals surface area contributed by atoms with Gasteiger partial charge in [0.2, 0.25) is 6.79 Å². The number of ketones is 1. The first-order valence-electron chi connectivity index (χ1n) is 8.59. The minimum atomic E-state index is -0.223. The van der Waals surface area contributed by atoms with Gasteiger partial charge in [0.1, 0.15) is 5.82 Å². The SMILES string of the molecule is Cc1cc(-c2ccc(C(=O)/C=C/c3ccc4c(c3)OCO4)cc2)ccc1F. The van der Waals surface area contributed by atoms with Crippen LogP contribution in [0.1, 0.15) is 21.5 Å². The zero-order valence-electron chi connectivity index (χ0n) is 14.7. The molecule has 0 saturated carbocycles. The fraction of sp³-hybridized carbons (Fsp3) is 0.0870. The Morgan fingerprint density at radius 3 is 2.44 bits per heavy atom. The van der Waals surface area contributed by atoms with Crippen LogP contribution in [0.15, 0.2) is 66.7 Å². The van der Waals surface area contributed by atoms with Gasteiger partial charge in [-0.25, -0.2) is 4.39 Å². The van der Waals surface area contributed by atoms with Crippen molar-refractivity contribution in [2.45, 2.75) is 6.92 Å². The lowest BCUT2D eigenvalue weighted by molar-refractivity contribution is 0.104. The minimum Gasteiger partial charge on any atom is -0.454 e. The van der Waals surface area contributed by atoms with Crippen molar-refractivity contribution in [3.8, 4) is 22.6 Å². The molecule has 0 aliphatic carbocycles. The van der Waals surface area contributed by atoms with Gasteiger partial charge in [-0.1, -0.05) is 42.5 Å². The quantitative estimate of drug-likeness (QED) is 0.460. The topological polar surface area (TPSA) is 35.5 Å². The van der Waals surface area contributed by atoms with Crippen molar-refractivity contribution >= 4 is 11.9 Å². The summed E-state index contributed by atoms with van der Waals surface area (Å²) in [6.07, 6.45) is 3.29. The van der Waals surface area contributed by atoms with Crippen molar-refractivity contribution in [2.75, 3.05) is 6.79 Å². The van der Waals surface area contributed by atoms with Crippen LogP contribution in [0, 0.1) is 12.7 Å². The van der Waals surface area contributed by atoms with Crippen molar-refractivity contribution < 1.29 is 18.7 Å². The highest BCUT2D eigenvalue weighted by atomic mass is 19.1. The molecule has 134 valence electrons. The molecule has 1 aliphatic heterocycles. The van der Waals surface area contributed by atoms with E-state index in [1.54, 1.807) is 37.3 Å². The first-order chi connectivity index (χ1) is 13.1. The number of ether oxygens (including phenoxy) is 2. The van der Waals surface area contributed by atoms with E-state index in [1.165, 1.54) is 12.1 Å². The molecule has 0 N–H and O–H groups in total. The summed E-state index contributed by atoms with van der Waals surface area (Å²) in [5.74, 6) is 1.09. The van der Waals surface area contributed by atoms with Crippen molar-refractivity contribution in [1.82, 2.24) is 0 Å². The van der Waals surface area contributed by atoms with Crippen molar-refractivity contribution in [2.24, 2.45) is 0 Å². The van der Waals surface area contributed by atoms with E-state index < -0.39 is 0 Å². The molecular formula is C23H17FO3. The van der Waals surface area contributed by atoms with E-state index in [4.69, 9.17) is 9.47 Å². The molecule has 4 rings (SSSR count). The third kappa shape index (κ3) is 3.60. The molecule has 0 saturated heterocycles. The summed E-state index contributed by atoms with van der Waals surface area (Å²) in [4.78, 5) is 12.4. The maximum atomic E-state index is 13.4. The van der Waals surface area contributed by atoms with Crippen LogP contribution in [0.4, 0.5) is 4.39 Å². The molecule has 0 fully saturated rings. The lowest BCUT2D eigenvalue weighted by atomic mass is 10.0. The minimum absolute atomic E-state index is 0.0884. The largest absolute Gasteiger partial charge is 0.454 e. The maximum absolute atomic E-state index is 13.4. The third-order valence-electron chi connectivity index (χ3n) is 4.48. The number of carbonyl (C=O) groups is 1. The highest BCUT2D eigenvalue weighted by molar-refractivity contribution is 6.07. The molecule has 4 heteroatoms. The summed E-state index contributed by atoms with van der Waals surface area (Å²) in [6, 6.07) is 17.8. The summed E-state index contributed by atoms with van der Waals surface area (Å²) in [7, 11) is 0. The van der Waals surface area contributed by atoms with Gasteiger partial charge in [0, 0.05) is 5.56 Å². The van der Waals surface area contributed by atoms with Crippen LogP contribution < -0.4 is 9.47 Å². The number of aryl methyl sites for hydroxylation is 1. The van der Waals surface area contributed by atoms with Gasteiger partial charge >= 0.3 is 0 Å². The highest BCUT2D eigenvalue weighted by Crippen LogP contribution is 2.32. The molecule has 27 heavy (non-hydrogen) atoms. The standard InChI is InChI=1S/C23H17FO3/c1-15-12-19(8-9-20(15)24)17-4-6-18(7-5-17)21(25)10-2-16-3-11-22-23(13-16)27-14-26-22/h2-13H,14H2,1H3/b10-2+. The Morgan fingerprint density at radius 1 is 0.926 bits per heavy atom. The lowest BCUT2D eigenvalue weighted by Crippen LogP contribution is -1.94. The lowest BCUT2D eigenvalue weighted by Gasteiger charge is -2.05. The fourth-order valence-corrected chi connectivity index (χ4v) is 2.94. The highest BCUT2D eigenvalue weighted by Gasteiger charge is 2.12. The second-order valence-electron chi connectivity index (χ2n) is 6.35. The number of hydrogen-bond donors (Lipinski definition) is 0. The van der Waals surface area contributed by atoms with Crippen LogP contribution in [0.5, 0.6) is 11.5 Å². The Morgan fingerprint density at radius 2 is 1.67 bits per heavy atom. The molecule has 0 amide bonds. The van der Waals surface area contributed by atoms with Gasteiger partial charge in [-0.2, -0.15) is 0 Å². The summed E-state index contributed by atoms with van der Waals surface area (Å²) in [5.41, 5.74) is 3.91. The predicted octanol–water partition coefficient (Wildman–Crippen LogP) is 5.43. The van der Waals surface area contributed by atoms with E-state index in [9.17, 15) is 9.18 Å². The zero-order chi connectivity index (χ0) is 18.8. The average molecular weight is 360 g/mol. The van der Waals surface area contributed by atoms with Gasteiger partial charge in [-0.3, -0.25) is 4.79 Å². The number of rotatable bonds is 4. The second-order valence-corrected chi connectivity index (χ2v) is 6.35. The summed E-state index contributed by atoms with van der Waals surface area (Å²) >= 11 is 0. The van der Waals surface area contributed by atoms with E-state index in [0.29, 0.717) is 22.6 Å². The molecule has 0 aromatic heterocycles. The molecule has 0 unspecified atom stereocenters. The number of halogens is 1. The Kier molecular flexibility index (Phi) is 4.47. The number of benzene rings is 3. The average Bonchev–Trinajstić information content (AvgIpc) is 3.16. The van der Waals surface area contributed by atoms with E-state index in [0.717, 1.165) is 16.7 Å². The van der Waals surface area contributed by atoms with Gasteiger partial charge in [-0.05, 0) is 59.5 Å². The molecule has 1 heterocycles. The molecule has 1 aliphatic rings. The number of carbonyl (C=O) groups excluding carboxylic acids is 1. The Hall–Kier alpha value is -3.40. The molecule has 3 nitrogen and oxygen atoms in total. The van der Waals surface area contributed by atoms with Crippen LogP contribution in [-0.4, -0.2) is 12.6 Å². The Balaban J connectivity index is 1.50. The summed E-state index contributed by atoms with van der Waals surface area (Å²) in [5, 5.41) is 0. The molecule has 0 radical (unpaired) electrons. The number of allylic oxidation sites excluding steroid dienone is 1. The van der Waals surface area contributed by atoms with Gasteiger partial charge < -0.3 is 9.47 Å². The molecule has 0 atom stereocenters.